The van der Waals surface area contributed by atoms with Gasteiger partial charge in [0.2, 0.25) is 11.8 Å². The summed E-state index contributed by atoms with van der Waals surface area (Å²) in [4.78, 5) is 40.5. The third kappa shape index (κ3) is 4.49. The Bertz CT molecular complexity index is 680. The lowest BCUT2D eigenvalue weighted by molar-refractivity contribution is -0.148. The van der Waals surface area contributed by atoms with Crippen LogP contribution in [0, 0.1) is 6.92 Å². The van der Waals surface area contributed by atoms with E-state index in [-0.39, 0.29) is 30.9 Å². The highest BCUT2D eigenvalue weighted by molar-refractivity contribution is 7.99. The predicted octanol–water partition coefficient (Wildman–Crippen LogP) is 0.829. The Hall–Kier alpha value is -2.22. The van der Waals surface area contributed by atoms with E-state index in [1.54, 1.807) is 21.6 Å². The van der Waals surface area contributed by atoms with Crippen molar-refractivity contribution < 1.29 is 14.4 Å². The topological polar surface area (TPSA) is 81.8 Å². The number of fused-ring (bicyclic) bond motifs is 1. The van der Waals surface area contributed by atoms with Gasteiger partial charge in [-0.1, -0.05) is 17.7 Å². The van der Waals surface area contributed by atoms with E-state index < -0.39 is 6.04 Å². The molecule has 1 atom stereocenters. The van der Waals surface area contributed by atoms with Crippen molar-refractivity contribution in [3.05, 3.63) is 29.8 Å². The number of aryl methyl sites for hydroxylation is 1. The van der Waals surface area contributed by atoms with Gasteiger partial charge < -0.3 is 20.4 Å². The Morgan fingerprint density at radius 1 is 1.27 bits per heavy atom. The lowest BCUT2D eigenvalue weighted by atomic mass is 10.1. The third-order valence-electron chi connectivity index (χ3n) is 4.59. The molecule has 0 saturated carbocycles. The molecule has 0 aliphatic carbocycles. The number of amides is 4. The SMILES string of the molecule is Cc1ccc(SCCCNC(=O)N2CCN3C(=O)CNC(=O)[C@H]3C2)cc1. The van der Waals surface area contributed by atoms with Crippen LogP contribution in [0.4, 0.5) is 4.79 Å². The number of carbonyl (C=O) groups excluding carboxylic acids is 3. The molecule has 2 aliphatic heterocycles. The molecule has 4 amide bonds. The molecule has 1 aromatic rings. The number of benzene rings is 1. The van der Waals surface area contributed by atoms with Crippen LogP contribution in [-0.2, 0) is 9.59 Å². The highest BCUT2D eigenvalue weighted by Gasteiger charge is 2.39. The predicted molar refractivity (Wildman–Crippen MR) is 100 cm³/mol. The second kappa shape index (κ2) is 8.44. The number of nitrogens with one attached hydrogen (secondary N) is 2. The maximum absolute atomic E-state index is 12.3. The Balaban J connectivity index is 1.38. The van der Waals surface area contributed by atoms with Crippen molar-refractivity contribution in [1.82, 2.24) is 20.4 Å². The van der Waals surface area contributed by atoms with Crippen LogP contribution < -0.4 is 10.6 Å². The van der Waals surface area contributed by atoms with Gasteiger partial charge in [-0.25, -0.2) is 4.79 Å². The van der Waals surface area contributed by atoms with E-state index in [2.05, 4.69) is 41.8 Å². The molecule has 2 heterocycles. The number of urea groups is 1. The summed E-state index contributed by atoms with van der Waals surface area (Å²) in [6.07, 6.45) is 0.868. The van der Waals surface area contributed by atoms with Crippen molar-refractivity contribution >= 4 is 29.6 Å². The van der Waals surface area contributed by atoms with Crippen LogP contribution in [-0.4, -0.2) is 72.2 Å². The van der Waals surface area contributed by atoms with E-state index in [1.807, 2.05) is 0 Å². The molecule has 0 radical (unpaired) electrons. The van der Waals surface area contributed by atoms with Crippen molar-refractivity contribution in [2.24, 2.45) is 0 Å². The molecule has 2 N–H and O–H groups in total. The van der Waals surface area contributed by atoms with E-state index in [4.69, 9.17) is 0 Å². The van der Waals surface area contributed by atoms with Gasteiger partial charge in [0.1, 0.15) is 6.04 Å². The van der Waals surface area contributed by atoms with Crippen LogP contribution in [0.1, 0.15) is 12.0 Å². The molecule has 1 aromatic carbocycles. The molecular formula is C18H24N4O3S. The summed E-state index contributed by atoms with van der Waals surface area (Å²) in [6.45, 7) is 3.83. The van der Waals surface area contributed by atoms with Crippen molar-refractivity contribution in [3.8, 4) is 0 Å². The van der Waals surface area contributed by atoms with Gasteiger partial charge >= 0.3 is 6.03 Å². The lowest BCUT2D eigenvalue weighted by Crippen LogP contribution is -2.67. The van der Waals surface area contributed by atoms with Gasteiger partial charge in [0.15, 0.2) is 0 Å². The zero-order valence-corrected chi connectivity index (χ0v) is 15.7. The van der Waals surface area contributed by atoms with E-state index in [9.17, 15) is 14.4 Å². The summed E-state index contributed by atoms with van der Waals surface area (Å²) in [5, 5.41) is 5.49. The van der Waals surface area contributed by atoms with Crippen LogP contribution >= 0.6 is 11.8 Å². The minimum absolute atomic E-state index is 0.0557. The second-order valence-electron chi connectivity index (χ2n) is 6.51. The van der Waals surface area contributed by atoms with Gasteiger partial charge in [0, 0.05) is 24.5 Å². The minimum Gasteiger partial charge on any atom is -0.345 e. The van der Waals surface area contributed by atoms with E-state index in [0.29, 0.717) is 19.6 Å². The lowest BCUT2D eigenvalue weighted by Gasteiger charge is -2.42. The van der Waals surface area contributed by atoms with Crippen molar-refractivity contribution in [2.45, 2.75) is 24.3 Å². The Morgan fingerprint density at radius 3 is 2.81 bits per heavy atom. The van der Waals surface area contributed by atoms with Crippen LogP contribution in [0.25, 0.3) is 0 Å². The van der Waals surface area contributed by atoms with Crippen LogP contribution in [0.15, 0.2) is 29.2 Å². The fourth-order valence-corrected chi connectivity index (χ4v) is 3.93. The monoisotopic (exact) mass is 376 g/mol. The average Bonchev–Trinajstić information content (AvgIpc) is 2.65. The first-order chi connectivity index (χ1) is 12.5. The molecule has 8 heteroatoms. The molecule has 3 rings (SSSR count). The number of piperazine rings is 2. The van der Waals surface area contributed by atoms with Gasteiger partial charge in [-0.05, 0) is 31.2 Å². The van der Waals surface area contributed by atoms with Gasteiger partial charge in [-0.3, -0.25) is 9.59 Å². The van der Waals surface area contributed by atoms with Crippen molar-refractivity contribution in [2.75, 3.05) is 38.5 Å². The van der Waals surface area contributed by atoms with Crippen molar-refractivity contribution in [1.29, 1.82) is 0 Å². The fourth-order valence-electron chi connectivity index (χ4n) is 3.08. The molecule has 2 aliphatic rings. The Morgan fingerprint density at radius 2 is 2.04 bits per heavy atom. The van der Waals surface area contributed by atoms with E-state index in [1.165, 1.54) is 10.5 Å². The smallest absolute Gasteiger partial charge is 0.317 e. The molecular weight excluding hydrogens is 352 g/mol. The van der Waals surface area contributed by atoms with Gasteiger partial charge in [-0.2, -0.15) is 0 Å². The summed E-state index contributed by atoms with van der Waals surface area (Å²) in [6, 6.07) is 7.67. The highest BCUT2D eigenvalue weighted by atomic mass is 32.2. The second-order valence-corrected chi connectivity index (χ2v) is 7.68. The summed E-state index contributed by atoms with van der Waals surface area (Å²) < 4.78 is 0. The molecule has 26 heavy (non-hydrogen) atoms. The van der Waals surface area contributed by atoms with Crippen molar-refractivity contribution in [3.63, 3.8) is 0 Å². The third-order valence-corrected chi connectivity index (χ3v) is 5.69. The maximum atomic E-state index is 12.3. The van der Waals surface area contributed by atoms with Crippen LogP contribution in [0.5, 0.6) is 0 Å². The first-order valence-electron chi connectivity index (χ1n) is 8.84. The first-order valence-corrected chi connectivity index (χ1v) is 9.82. The van der Waals surface area contributed by atoms with E-state index in [0.717, 1.165) is 12.2 Å². The molecule has 0 unspecified atom stereocenters. The quantitative estimate of drug-likeness (QED) is 0.589. The average molecular weight is 376 g/mol. The van der Waals surface area contributed by atoms with Gasteiger partial charge in [0.25, 0.3) is 0 Å². The summed E-state index contributed by atoms with van der Waals surface area (Å²) in [5.41, 5.74) is 1.25. The number of rotatable bonds is 5. The number of hydrogen-bond acceptors (Lipinski definition) is 4. The largest absolute Gasteiger partial charge is 0.345 e. The minimum atomic E-state index is -0.562. The maximum Gasteiger partial charge on any atom is 0.317 e. The van der Waals surface area contributed by atoms with Crippen LogP contribution in [0.3, 0.4) is 0 Å². The molecule has 0 bridgehead atoms. The fraction of sp³-hybridized carbons (Fsp3) is 0.500. The Kier molecular flexibility index (Phi) is 6.03. The molecule has 2 saturated heterocycles. The summed E-state index contributed by atoms with van der Waals surface area (Å²) in [7, 11) is 0. The first kappa shape index (κ1) is 18.6. The van der Waals surface area contributed by atoms with E-state index >= 15 is 0 Å². The number of hydrogen-bond donors (Lipinski definition) is 2. The number of thioether (sulfide) groups is 1. The van der Waals surface area contributed by atoms with Crippen LogP contribution in [0.2, 0.25) is 0 Å². The molecule has 0 aromatic heterocycles. The standard InChI is InChI=1S/C18H24N4O3S/c1-13-3-5-14(6-4-13)26-10-2-7-19-18(25)21-8-9-22-15(12-21)17(24)20-11-16(22)23/h3-6,15H,2,7-12H2,1H3,(H,19,25)(H,20,24)/t15-/m1/s1. The number of carbonyl (C=O) groups is 3. The summed E-state index contributed by atoms with van der Waals surface area (Å²) >= 11 is 1.77. The Labute approximate surface area is 157 Å². The molecule has 7 nitrogen and oxygen atoms in total. The normalized spacial score (nSPS) is 19.8. The molecule has 140 valence electrons. The zero-order valence-electron chi connectivity index (χ0n) is 14.9. The molecule has 0 spiro atoms. The van der Waals surface area contributed by atoms with Gasteiger partial charge in [0.05, 0.1) is 13.1 Å². The summed E-state index contributed by atoms with van der Waals surface area (Å²) in [5.74, 6) is 0.663. The highest BCUT2D eigenvalue weighted by Crippen LogP contribution is 2.19. The zero-order chi connectivity index (χ0) is 18.5. The van der Waals surface area contributed by atoms with Gasteiger partial charge in [-0.15, -0.1) is 11.8 Å². The molecule has 2 fully saturated rings. The number of nitrogens with zero attached hydrogens (tertiary/aromatic N) is 2.